The fourth-order valence-corrected chi connectivity index (χ4v) is 8.32. The maximum absolute atomic E-state index is 12.1. The number of aromatic hydroxyl groups is 8. The van der Waals surface area contributed by atoms with Gasteiger partial charge in [0.15, 0.2) is 34.5 Å². The van der Waals surface area contributed by atoms with E-state index in [0.29, 0.717) is 0 Å². The summed E-state index contributed by atoms with van der Waals surface area (Å²) in [6.45, 7) is -0.798. The highest BCUT2D eigenvalue weighted by atomic mass is 16.7. The van der Waals surface area contributed by atoms with Crippen molar-refractivity contribution in [1.82, 2.24) is 0 Å². The van der Waals surface area contributed by atoms with E-state index < -0.39 is 95.7 Å². The van der Waals surface area contributed by atoms with Crippen molar-refractivity contribution in [3.8, 4) is 86.1 Å². The van der Waals surface area contributed by atoms with Crippen LogP contribution < -0.4 is 23.7 Å². The summed E-state index contributed by atoms with van der Waals surface area (Å²) in [5, 5.41) is 142. The Bertz CT molecular complexity index is 2800. The molecule has 8 rings (SSSR count). The second-order valence-corrected chi connectivity index (χ2v) is 15.6. The Balaban J connectivity index is 1.44. The van der Waals surface area contributed by atoms with Crippen molar-refractivity contribution in [2.45, 2.75) is 55.3 Å². The topological polar surface area (TPSA) is 330 Å². The van der Waals surface area contributed by atoms with E-state index in [0.717, 1.165) is 18.2 Å². The van der Waals surface area contributed by atoms with E-state index in [4.69, 9.17) is 32.8 Å². The molecule has 0 saturated carbocycles. The molecule has 66 heavy (non-hydrogen) atoms. The molecule has 20 nitrogen and oxygen atoms in total. The van der Waals surface area contributed by atoms with E-state index in [2.05, 4.69) is 0 Å². The summed E-state index contributed by atoms with van der Waals surface area (Å²) in [5.41, 5.74) is -0.330. The Kier molecular flexibility index (Phi) is 12.0. The smallest absolute Gasteiger partial charge is 0.402 e. The molecule has 6 aromatic rings. The average molecular weight is 918 g/mol. The molecule has 0 radical (unpaired) electrons. The van der Waals surface area contributed by atoms with Crippen LogP contribution in [0.2, 0.25) is 0 Å². The molecular weight excluding hydrogens is 872 g/mol. The number of aliphatic hydroxyl groups is 5. The minimum atomic E-state index is -1.93. The van der Waals surface area contributed by atoms with Gasteiger partial charge in [0, 0.05) is 47.9 Å². The van der Waals surface area contributed by atoms with Gasteiger partial charge >= 0.3 is 11.3 Å². The SMILES string of the molecule is COc1cc(C(c2c(O)cc(O)c3c2O[C@@H](c2ccc(O)c(O)c2)[C@H](O)C3)c2c(O)cc(O)c3cc(O[C@@H]4O[C@H](CO)[C@@H](O)[C@H](O)[C@H]4O)c(-c4cc(OC)c(O)c(OC)c4)[o+]c23)ccc1O. The van der Waals surface area contributed by atoms with Gasteiger partial charge < -0.3 is 94.8 Å². The van der Waals surface area contributed by atoms with Crippen LogP contribution in [0.1, 0.15) is 39.8 Å². The van der Waals surface area contributed by atoms with Gasteiger partial charge in [-0.1, -0.05) is 12.1 Å². The molecular formula is C46H45O20+. The lowest BCUT2D eigenvalue weighted by atomic mass is 9.80. The van der Waals surface area contributed by atoms with Crippen molar-refractivity contribution in [3.63, 3.8) is 0 Å². The average Bonchev–Trinajstić information content (AvgIpc) is 3.29. The molecule has 0 bridgehead atoms. The normalized spacial score (nSPS) is 22.0. The summed E-state index contributed by atoms with van der Waals surface area (Å²) in [4.78, 5) is 0. The highest BCUT2D eigenvalue weighted by Crippen LogP contribution is 2.56. The third-order valence-corrected chi connectivity index (χ3v) is 11.7. The number of hydrogen-bond acceptors (Lipinski definition) is 19. The zero-order valence-electron chi connectivity index (χ0n) is 35.1. The maximum atomic E-state index is 12.1. The Labute approximate surface area is 373 Å². The second kappa shape index (κ2) is 17.6. The standard InChI is InChI=1S/C46H44O20/c1-60-30-9-17(4-7-23(30)49)35(36-27(53)14-24(50)20-12-29(55)42(65-44(20)36)18-5-6-22(48)26(52)8-18)37-28(54)15-25(51)21-13-33(63-46-41(59)40(58)39(57)34(16-47)64-46)43(66-45(21)37)19-10-31(61-2)38(56)32(11-19)62-3/h4-11,13-15,29,34-35,39-42,46-47,55,57-59H,12,16H2,1-3H3,(H7-,48,49,50,51,52,53,54,56)/p+1/t29-,34-,35?,39-,40+,41-,42+,46-/m1/s1. The number of fused-ring (bicyclic) bond motifs is 2. The molecule has 0 spiro atoms. The molecule has 348 valence electrons. The van der Waals surface area contributed by atoms with Gasteiger partial charge in [0.2, 0.25) is 17.8 Å². The summed E-state index contributed by atoms with van der Waals surface area (Å²) in [6.07, 6.45) is -11.7. The van der Waals surface area contributed by atoms with Crippen LogP contribution in [0, 0.1) is 0 Å². The largest absolute Gasteiger partial charge is 0.507 e. The Hall–Kier alpha value is -7.33. The molecule has 8 atom stereocenters. The Morgan fingerprint density at radius 1 is 0.636 bits per heavy atom. The molecule has 20 heteroatoms. The fraction of sp³-hybridized carbons (Fsp3) is 0.283. The van der Waals surface area contributed by atoms with Gasteiger partial charge in [-0.3, -0.25) is 0 Å². The molecule has 1 fully saturated rings. The van der Waals surface area contributed by atoms with E-state index in [1.165, 1.54) is 69.9 Å². The van der Waals surface area contributed by atoms with Crippen molar-refractivity contribution < 1.29 is 99.2 Å². The van der Waals surface area contributed by atoms with Gasteiger partial charge in [0.05, 0.1) is 45.5 Å². The van der Waals surface area contributed by atoms with Crippen molar-refractivity contribution in [2.75, 3.05) is 27.9 Å². The van der Waals surface area contributed by atoms with Crippen LogP contribution in [-0.4, -0.2) is 131 Å². The van der Waals surface area contributed by atoms with E-state index in [-0.39, 0.29) is 91.0 Å². The van der Waals surface area contributed by atoms with Gasteiger partial charge in [-0.15, -0.1) is 0 Å². The highest BCUT2D eigenvalue weighted by Gasteiger charge is 2.47. The Morgan fingerprint density at radius 2 is 1.29 bits per heavy atom. The molecule has 0 aliphatic carbocycles. The van der Waals surface area contributed by atoms with Crippen LogP contribution in [-0.2, 0) is 11.2 Å². The number of aliphatic hydroxyl groups excluding tert-OH is 5. The zero-order chi connectivity index (χ0) is 47.5. The summed E-state index contributed by atoms with van der Waals surface area (Å²) in [7, 11) is 3.79. The summed E-state index contributed by atoms with van der Waals surface area (Å²) < 4.78 is 41.1. The first kappa shape index (κ1) is 45.2. The molecule has 1 saturated heterocycles. The molecule has 13 N–H and O–H groups in total. The van der Waals surface area contributed by atoms with Gasteiger partial charge in [0.25, 0.3) is 0 Å². The van der Waals surface area contributed by atoms with Crippen molar-refractivity contribution in [1.29, 1.82) is 0 Å². The predicted molar refractivity (Wildman–Crippen MR) is 227 cm³/mol. The number of rotatable bonds is 11. The van der Waals surface area contributed by atoms with Crippen LogP contribution in [0.15, 0.2) is 71.1 Å². The van der Waals surface area contributed by atoms with Crippen LogP contribution >= 0.6 is 0 Å². The van der Waals surface area contributed by atoms with E-state index >= 15 is 0 Å². The molecule has 0 amide bonds. The first-order valence-corrected chi connectivity index (χ1v) is 20.1. The number of phenolic OH excluding ortho intramolecular Hbond substituents is 8. The summed E-state index contributed by atoms with van der Waals surface area (Å²) in [5.74, 6) is -6.77. The minimum absolute atomic E-state index is 0.00370. The lowest BCUT2D eigenvalue weighted by Gasteiger charge is -2.39. The molecule has 3 heterocycles. The lowest BCUT2D eigenvalue weighted by molar-refractivity contribution is -0.277. The first-order chi connectivity index (χ1) is 31.5. The molecule has 1 unspecified atom stereocenters. The number of hydrogen-bond donors (Lipinski definition) is 13. The van der Waals surface area contributed by atoms with Crippen LogP contribution in [0.25, 0.3) is 22.3 Å². The highest BCUT2D eigenvalue weighted by molar-refractivity contribution is 5.93. The quantitative estimate of drug-likeness (QED) is 0.0503. The molecule has 2 aliphatic heterocycles. The third-order valence-electron chi connectivity index (χ3n) is 11.7. The number of methoxy groups -OCH3 is 3. The number of ether oxygens (including phenoxy) is 6. The minimum Gasteiger partial charge on any atom is -0.507 e. The predicted octanol–water partition coefficient (Wildman–Crippen LogP) is 3.45. The molecule has 1 aromatic heterocycles. The van der Waals surface area contributed by atoms with Crippen LogP contribution in [0.3, 0.4) is 0 Å². The van der Waals surface area contributed by atoms with E-state index in [1.807, 2.05) is 0 Å². The lowest BCUT2D eigenvalue weighted by Crippen LogP contribution is -2.60. The third kappa shape index (κ3) is 7.74. The monoisotopic (exact) mass is 917 g/mol. The van der Waals surface area contributed by atoms with E-state index in [1.54, 1.807) is 0 Å². The van der Waals surface area contributed by atoms with Gasteiger partial charge in [-0.2, -0.15) is 0 Å². The van der Waals surface area contributed by atoms with Crippen LogP contribution in [0.4, 0.5) is 0 Å². The Morgan fingerprint density at radius 3 is 1.94 bits per heavy atom. The maximum Gasteiger partial charge on any atom is 0.402 e. The van der Waals surface area contributed by atoms with Crippen molar-refractivity contribution >= 4 is 11.0 Å². The van der Waals surface area contributed by atoms with Gasteiger partial charge in [-0.05, 0) is 35.4 Å². The number of phenols is 8. The van der Waals surface area contributed by atoms with E-state index in [9.17, 15) is 66.4 Å². The second-order valence-electron chi connectivity index (χ2n) is 15.6. The van der Waals surface area contributed by atoms with Crippen LogP contribution in [0.5, 0.6) is 74.7 Å². The first-order valence-electron chi connectivity index (χ1n) is 20.1. The summed E-state index contributed by atoms with van der Waals surface area (Å²) >= 11 is 0. The fourth-order valence-electron chi connectivity index (χ4n) is 8.32. The number of benzene rings is 5. The molecule has 5 aromatic carbocycles. The molecule has 2 aliphatic rings. The van der Waals surface area contributed by atoms with Crippen molar-refractivity contribution in [2.24, 2.45) is 0 Å². The van der Waals surface area contributed by atoms with Gasteiger partial charge in [0.1, 0.15) is 70.2 Å². The van der Waals surface area contributed by atoms with Gasteiger partial charge in [-0.25, -0.2) is 4.42 Å². The van der Waals surface area contributed by atoms with Crippen molar-refractivity contribution in [3.05, 3.63) is 94.5 Å². The zero-order valence-corrected chi connectivity index (χ0v) is 35.1. The summed E-state index contributed by atoms with van der Waals surface area (Å²) in [6, 6.07) is 13.5.